The van der Waals surface area contributed by atoms with Crippen LogP contribution >= 0.6 is 0 Å². The van der Waals surface area contributed by atoms with E-state index in [0.29, 0.717) is 46.5 Å². The average molecular weight is 619 g/mol. The molecule has 0 radical (unpaired) electrons. The topological polar surface area (TPSA) is 107 Å². The second-order valence-electron chi connectivity index (χ2n) is 12.7. The van der Waals surface area contributed by atoms with E-state index in [9.17, 15) is 14.7 Å². The van der Waals surface area contributed by atoms with Crippen molar-refractivity contribution >= 4 is 39.3 Å². The van der Waals surface area contributed by atoms with Crippen LogP contribution in [0.25, 0.3) is 27.4 Å². The number of hydrogen-bond acceptors (Lipinski definition) is 6. The van der Waals surface area contributed by atoms with Crippen LogP contribution in [-0.2, 0) is 34.3 Å². The number of carbonyl (C=O) groups is 2. The van der Waals surface area contributed by atoms with Crippen LogP contribution in [0, 0.1) is 0 Å². The van der Waals surface area contributed by atoms with Gasteiger partial charge in [-0.1, -0.05) is 24.8 Å². The van der Waals surface area contributed by atoms with Crippen LogP contribution in [0.15, 0.2) is 90.3 Å². The third-order valence-corrected chi connectivity index (χ3v) is 8.41. The third kappa shape index (κ3) is 5.86. The molecule has 0 bridgehead atoms. The fraction of sp³-hybridized carbons (Fsp3) is 0.297. The number of aromatic nitrogens is 3. The second kappa shape index (κ2) is 12.1. The lowest BCUT2D eigenvalue weighted by molar-refractivity contribution is -0.155. The van der Waals surface area contributed by atoms with Gasteiger partial charge in [0.15, 0.2) is 6.10 Å². The largest absolute Gasteiger partial charge is 0.493 e. The summed E-state index contributed by atoms with van der Waals surface area (Å²) in [6, 6.07) is 11.7. The number of pyridine rings is 1. The smallest absolute Gasteiger partial charge is 0.337 e. The number of nitrogens with zero attached hydrogens (tertiary/aromatic N) is 4. The van der Waals surface area contributed by atoms with Crippen molar-refractivity contribution in [3.05, 3.63) is 107 Å². The molecule has 9 heteroatoms. The number of amides is 1. The van der Waals surface area contributed by atoms with Gasteiger partial charge >= 0.3 is 5.97 Å². The van der Waals surface area contributed by atoms with Crippen molar-refractivity contribution in [3.8, 4) is 5.75 Å². The van der Waals surface area contributed by atoms with Crippen molar-refractivity contribution < 1.29 is 24.2 Å². The molecule has 2 aliphatic rings. The molecule has 236 valence electrons. The first kappa shape index (κ1) is 31.0. The van der Waals surface area contributed by atoms with Crippen molar-refractivity contribution in [1.82, 2.24) is 19.7 Å². The number of carbonyl (C=O) groups excluding carboxylic acids is 1. The van der Waals surface area contributed by atoms with Gasteiger partial charge in [0.1, 0.15) is 5.75 Å². The van der Waals surface area contributed by atoms with E-state index >= 15 is 0 Å². The average Bonchev–Trinajstić information content (AvgIpc) is 3.40. The molecule has 0 spiro atoms. The highest BCUT2D eigenvalue weighted by Crippen LogP contribution is 2.41. The van der Waals surface area contributed by atoms with Gasteiger partial charge in [-0.3, -0.25) is 14.5 Å². The number of hydrogen-bond donors (Lipinski definition) is 1. The molecule has 1 atom stereocenters. The third-order valence-electron chi connectivity index (χ3n) is 8.41. The lowest BCUT2D eigenvalue weighted by Crippen LogP contribution is -2.36. The van der Waals surface area contributed by atoms with Gasteiger partial charge in [-0.25, -0.2) is 4.79 Å². The number of rotatable bonds is 6. The summed E-state index contributed by atoms with van der Waals surface area (Å²) in [4.78, 5) is 33.2. The summed E-state index contributed by atoms with van der Waals surface area (Å²) in [5, 5.41) is 16.9. The maximum Gasteiger partial charge on any atom is 0.337 e. The summed E-state index contributed by atoms with van der Waals surface area (Å²) in [7, 11) is 1.89. The molecule has 0 aliphatic carbocycles. The Labute approximate surface area is 268 Å². The monoisotopic (exact) mass is 618 g/mol. The molecule has 2 aliphatic heterocycles. The number of benzene rings is 2. The van der Waals surface area contributed by atoms with Crippen molar-refractivity contribution in [2.24, 2.45) is 7.05 Å². The standard InChI is InChI=1S/C37H38N4O5/c1-22-10-13-30(42)41(21-25-8-7-9-28-27(25)20-39-40(28)6)18-15-23(2)32(35(36(43)44)46-37(3,4)5)31(22)26-11-12-29-33-24(16-19-45-29)14-17-38-34(26)33/h7-15,17,20,35H,1,16,18-19,21H2,2-6H3,(H,43,44)/b13-10-,23-15-,32-31?/t35-/m0/s1. The minimum Gasteiger partial charge on any atom is -0.493 e. The maximum absolute atomic E-state index is 13.7. The summed E-state index contributed by atoms with van der Waals surface area (Å²) >= 11 is 0. The van der Waals surface area contributed by atoms with Gasteiger partial charge in [0.2, 0.25) is 5.91 Å². The minimum absolute atomic E-state index is 0.196. The van der Waals surface area contributed by atoms with Gasteiger partial charge in [-0.2, -0.15) is 5.10 Å². The van der Waals surface area contributed by atoms with Crippen molar-refractivity contribution in [2.45, 2.75) is 52.4 Å². The normalized spacial score (nSPS) is 18.4. The number of ether oxygens (including phenoxy) is 2. The van der Waals surface area contributed by atoms with Gasteiger partial charge in [-0.05, 0) is 85.9 Å². The molecule has 0 fully saturated rings. The first-order valence-electron chi connectivity index (χ1n) is 15.3. The summed E-state index contributed by atoms with van der Waals surface area (Å²) in [6.07, 6.45) is 8.04. The molecular weight excluding hydrogens is 580 g/mol. The molecule has 2 aromatic heterocycles. The quantitative estimate of drug-likeness (QED) is 0.275. The van der Waals surface area contributed by atoms with Crippen LogP contribution in [0.4, 0.5) is 0 Å². The van der Waals surface area contributed by atoms with Crippen LogP contribution < -0.4 is 4.74 Å². The Kier molecular flexibility index (Phi) is 8.12. The lowest BCUT2D eigenvalue weighted by Gasteiger charge is -2.30. The molecule has 1 amide bonds. The Bertz CT molecular complexity index is 1980. The molecule has 0 saturated heterocycles. The first-order chi connectivity index (χ1) is 21.9. The van der Waals surface area contributed by atoms with Gasteiger partial charge in [0.25, 0.3) is 0 Å². The van der Waals surface area contributed by atoms with E-state index in [0.717, 1.165) is 39.6 Å². The number of carboxylic acids is 1. The van der Waals surface area contributed by atoms with Gasteiger partial charge in [0.05, 0.1) is 29.4 Å². The number of carboxylic acid groups (broad SMARTS) is 1. The molecule has 9 nitrogen and oxygen atoms in total. The summed E-state index contributed by atoms with van der Waals surface area (Å²) in [5.41, 5.74) is 5.79. The maximum atomic E-state index is 13.7. The van der Waals surface area contributed by atoms with Crippen molar-refractivity contribution in [1.29, 1.82) is 0 Å². The first-order valence-corrected chi connectivity index (χ1v) is 15.3. The predicted molar refractivity (Wildman–Crippen MR) is 178 cm³/mol. The molecule has 0 unspecified atom stereocenters. The molecule has 4 aromatic rings. The predicted octanol–water partition coefficient (Wildman–Crippen LogP) is 6.18. The number of fused-ring (bicyclic) bond motifs is 1. The van der Waals surface area contributed by atoms with Gasteiger partial charge in [-0.15, -0.1) is 0 Å². The Morgan fingerprint density at radius 2 is 1.98 bits per heavy atom. The SMILES string of the molecule is C=C1/C=C\C(=O)N(Cc2cccc3c2cnn3C)C/C=C(/C)C([C@H](OC(C)(C)C)C(=O)O)=C1c1ccc2c3c(ccnc13)CCO2. The van der Waals surface area contributed by atoms with Crippen LogP contribution in [0.2, 0.25) is 0 Å². The molecule has 6 rings (SSSR count). The Morgan fingerprint density at radius 3 is 2.74 bits per heavy atom. The van der Waals surface area contributed by atoms with E-state index < -0.39 is 17.7 Å². The number of aliphatic carboxylic acids is 1. The zero-order valence-electron chi connectivity index (χ0n) is 26.8. The molecule has 2 aromatic carbocycles. The van der Waals surface area contributed by atoms with E-state index in [2.05, 4.69) is 11.7 Å². The number of aryl methyl sites for hydroxylation is 1. The zero-order chi connectivity index (χ0) is 32.7. The fourth-order valence-electron chi connectivity index (χ4n) is 6.25. The molecular formula is C37H38N4O5. The van der Waals surface area contributed by atoms with Gasteiger partial charge in [0, 0.05) is 60.7 Å². The summed E-state index contributed by atoms with van der Waals surface area (Å²) in [6.45, 7) is 12.9. The van der Waals surface area contributed by atoms with E-state index in [1.807, 2.05) is 83.4 Å². The zero-order valence-corrected chi connectivity index (χ0v) is 26.8. The summed E-state index contributed by atoms with van der Waals surface area (Å²) < 4.78 is 14.0. The Hall–Kier alpha value is -5.02. The number of allylic oxidation sites excluding steroid dienone is 3. The van der Waals surface area contributed by atoms with Crippen LogP contribution in [0.3, 0.4) is 0 Å². The van der Waals surface area contributed by atoms with Crippen LogP contribution in [-0.4, -0.2) is 61.5 Å². The Morgan fingerprint density at radius 1 is 1.17 bits per heavy atom. The highest BCUT2D eigenvalue weighted by molar-refractivity contribution is 6.04. The highest BCUT2D eigenvalue weighted by atomic mass is 16.5. The Balaban J connectivity index is 1.55. The highest BCUT2D eigenvalue weighted by Gasteiger charge is 2.34. The molecule has 4 heterocycles. The van der Waals surface area contributed by atoms with Gasteiger partial charge < -0.3 is 19.5 Å². The van der Waals surface area contributed by atoms with Crippen molar-refractivity contribution in [2.75, 3.05) is 13.2 Å². The minimum atomic E-state index is -1.33. The van der Waals surface area contributed by atoms with Crippen molar-refractivity contribution in [3.63, 3.8) is 0 Å². The van der Waals surface area contributed by atoms with Crippen LogP contribution in [0.1, 0.15) is 44.4 Å². The molecule has 1 N–H and O–H groups in total. The second-order valence-corrected chi connectivity index (χ2v) is 12.7. The molecule has 0 saturated carbocycles. The summed E-state index contributed by atoms with van der Waals surface area (Å²) in [5.74, 6) is -0.587. The molecule has 46 heavy (non-hydrogen) atoms. The lowest BCUT2D eigenvalue weighted by atomic mass is 9.84. The fourth-order valence-corrected chi connectivity index (χ4v) is 6.25. The van der Waals surface area contributed by atoms with E-state index in [1.165, 1.54) is 6.08 Å². The van der Waals surface area contributed by atoms with E-state index in [1.54, 1.807) is 21.9 Å². The van der Waals surface area contributed by atoms with E-state index in [-0.39, 0.29) is 12.5 Å². The van der Waals surface area contributed by atoms with Crippen LogP contribution in [0.5, 0.6) is 5.75 Å². The van der Waals surface area contributed by atoms with E-state index in [4.69, 9.17) is 14.5 Å².